The number of aryl methyl sites for hydroxylation is 1. The van der Waals surface area contributed by atoms with E-state index in [1.807, 2.05) is 29.0 Å². The van der Waals surface area contributed by atoms with Crippen molar-refractivity contribution < 1.29 is 4.74 Å². The van der Waals surface area contributed by atoms with Crippen LogP contribution in [-0.2, 0) is 25.8 Å². The van der Waals surface area contributed by atoms with Crippen LogP contribution < -0.4 is 10.3 Å². The van der Waals surface area contributed by atoms with Crippen LogP contribution in [0.4, 0.5) is 0 Å². The molecule has 3 aromatic carbocycles. The van der Waals surface area contributed by atoms with E-state index in [0.717, 1.165) is 54.6 Å². The highest BCUT2D eigenvalue weighted by Crippen LogP contribution is 2.29. The molecular formula is C37H40N2O2. The second kappa shape index (κ2) is 13.5. The highest BCUT2D eigenvalue weighted by Gasteiger charge is 2.19. The summed E-state index contributed by atoms with van der Waals surface area (Å²) in [6, 6.07) is 31.6. The fraction of sp³-hybridized carbons (Fsp3) is 0.297. The summed E-state index contributed by atoms with van der Waals surface area (Å²) in [5.74, 6) is 0.879. The molecule has 0 saturated carbocycles. The van der Waals surface area contributed by atoms with Crippen LogP contribution in [0.2, 0.25) is 0 Å². The predicted molar refractivity (Wildman–Crippen MR) is 170 cm³/mol. The van der Waals surface area contributed by atoms with Crippen molar-refractivity contribution in [3.05, 3.63) is 130 Å². The summed E-state index contributed by atoms with van der Waals surface area (Å²) in [7, 11) is 0. The maximum absolute atomic E-state index is 14.0. The summed E-state index contributed by atoms with van der Waals surface area (Å²) in [5, 5.41) is 2.44. The Bertz CT molecular complexity index is 1650. The van der Waals surface area contributed by atoms with Crippen molar-refractivity contribution >= 4 is 10.8 Å². The van der Waals surface area contributed by atoms with Gasteiger partial charge >= 0.3 is 0 Å². The normalized spacial score (nSPS) is 11.3. The zero-order valence-corrected chi connectivity index (χ0v) is 24.5. The molecule has 4 heteroatoms. The number of hydrogen-bond acceptors (Lipinski definition) is 3. The lowest BCUT2D eigenvalue weighted by Crippen LogP contribution is -2.26. The van der Waals surface area contributed by atoms with Gasteiger partial charge in [0, 0.05) is 30.4 Å². The molecule has 2 heterocycles. The topological polar surface area (TPSA) is 44.1 Å². The van der Waals surface area contributed by atoms with Gasteiger partial charge in [-0.3, -0.25) is 9.78 Å². The SMILES string of the molecule is CCCCOc1cc(CC(C)C)c(-c2ccnc(Cc3ccccc3)c2)n(CCc2ccc3ccccc3c2)c1=O. The van der Waals surface area contributed by atoms with E-state index in [4.69, 9.17) is 4.74 Å². The zero-order chi connectivity index (χ0) is 28.6. The Balaban J connectivity index is 1.58. The van der Waals surface area contributed by atoms with E-state index in [2.05, 4.69) is 98.6 Å². The number of nitrogens with zero attached hydrogens (tertiary/aromatic N) is 2. The molecule has 0 atom stereocenters. The molecular weight excluding hydrogens is 504 g/mol. The number of unbranched alkanes of at least 4 members (excludes halogenated alkanes) is 1. The molecule has 4 nitrogen and oxygen atoms in total. The van der Waals surface area contributed by atoms with Gasteiger partial charge < -0.3 is 9.30 Å². The van der Waals surface area contributed by atoms with Crippen LogP contribution in [0.3, 0.4) is 0 Å². The Morgan fingerprint density at radius 3 is 2.41 bits per heavy atom. The Morgan fingerprint density at radius 2 is 1.63 bits per heavy atom. The van der Waals surface area contributed by atoms with Crippen LogP contribution in [0.15, 0.2) is 102 Å². The highest BCUT2D eigenvalue weighted by atomic mass is 16.5. The lowest BCUT2D eigenvalue weighted by Gasteiger charge is -2.21. The Kier molecular flexibility index (Phi) is 9.30. The Labute approximate surface area is 243 Å². The van der Waals surface area contributed by atoms with Gasteiger partial charge in [-0.2, -0.15) is 0 Å². The van der Waals surface area contributed by atoms with E-state index in [1.54, 1.807) is 0 Å². The molecule has 0 amide bonds. The molecule has 0 N–H and O–H groups in total. The summed E-state index contributed by atoms with van der Waals surface area (Å²) in [6.07, 6.45) is 6.16. The van der Waals surface area contributed by atoms with Crippen LogP contribution >= 0.6 is 0 Å². The maximum atomic E-state index is 14.0. The van der Waals surface area contributed by atoms with E-state index in [1.165, 1.54) is 21.9 Å². The third-order valence-corrected chi connectivity index (χ3v) is 7.47. The number of benzene rings is 3. The first kappa shape index (κ1) is 28.4. The minimum atomic E-state index is -0.0641. The standard InChI is InChI=1S/C37H40N2O2/c1-4-5-21-41-35-26-33(22-27(2)3)36(32-17-19-38-34(25-32)24-28-11-7-6-8-12-28)39(37(35)40)20-18-29-15-16-30-13-9-10-14-31(30)23-29/h6-17,19,23,25-27H,4-5,18,20-22,24H2,1-3H3. The molecule has 0 fully saturated rings. The van der Waals surface area contributed by atoms with Crippen LogP contribution in [-0.4, -0.2) is 16.2 Å². The average Bonchev–Trinajstić information content (AvgIpc) is 2.98. The summed E-state index contributed by atoms with van der Waals surface area (Å²) < 4.78 is 8.05. The monoisotopic (exact) mass is 544 g/mol. The van der Waals surface area contributed by atoms with E-state index < -0.39 is 0 Å². The second-order valence-corrected chi connectivity index (χ2v) is 11.3. The third-order valence-electron chi connectivity index (χ3n) is 7.47. The first-order valence-corrected chi connectivity index (χ1v) is 14.9. The lowest BCUT2D eigenvalue weighted by molar-refractivity contribution is 0.302. The van der Waals surface area contributed by atoms with Crippen molar-refractivity contribution in [2.75, 3.05) is 6.61 Å². The molecule has 5 rings (SSSR count). The number of ether oxygens (including phenoxy) is 1. The van der Waals surface area contributed by atoms with Crippen LogP contribution in [0, 0.1) is 5.92 Å². The number of rotatable bonds is 12. The fourth-order valence-electron chi connectivity index (χ4n) is 5.44. The molecule has 0 aliphatic rings. The van der Waals surface area contributed by atoms with Gasteiger partial charge in [-0.25, -0.2) is 0 Å². The third kappa shape index (κ3) is 7.13. The molecule has 0 bridgehead atoms. The van der Waals surface area contributed by atoms with Crippen molar-refractivity contribution in [1.82, 2.24) is 9.55 Å². The number of fused-ring (bicyclic) bond motifs is 1. The molecule has 210 valence electrons. The molecule has 0 saturated heterocycles. The van der Waals surface area contributed by atoms with Gasteiger partial charge in [0.1, 0.15) is 0 Å². The van der Waals surface area contributed by atoms with Crippen molar-refractivity contribution in [2.45, 2.75) is 59.4 Å². The molecule has 0 spiro atoms. The maximum Gasteiger partial charge on any atom is 0.293 e. The van der Waals surface area contributed by atoms with Gasteiger partial charge in [-0.15, -0.1) is 0 Å². The van der Waals surface area contributed by atoms with Gasteiger partial charge in [-0.05, 0) is 70.8 Å². The lowest BCUT2D eigenvalue weighted by atomic mass is 9.96. The van der Waals surface area contributed by atoms with E-state index >= 15 is 0 Å². The van der Waals surface area contributed by atoms with Crippen LogP contribution in [0.25, 0.3) is 22.0 Å². The fourth-order valence-corrected chi connectivity index (χ4v) is 5.44. The number of hydrogen-bond donors (Lipinski definition) is 0. The average molecular weight is 545 g/mol. The quantitative estimate of drug-likeness (QED) is 0.148. The minimum absolute atomic E-state index is 0.0641. The van der Waals surface area contributed by atoms with Crippen molar-refractivity contribution in [2.24, 2.45) is 5.92 Å². The zero-order valence-electron chi connectivity index (χ0n) is 24.5. The predicted octanol–water partition coefficient (Wildman–Crippen LogP) is 8.27. The van der Waals surface area contributed by atoms with Crippen molar-refractivity contribution in [3.63, 3.8) is 0 Å². The van der Waals surface area contributed by atoms with Gasteiger partial charge in [0.05, 0.1) is 12.3 Å². The number of pyridine rings is 2. The Morgan fingerprint density at radius 1 is 0.854 bits per heavy atom. The minimum Gasteiger partial charge on any atom is -0.488 e. The number of aromatic nitrogens is 2. The smallest absolute Gasteiger partial charge is 0.293 e. The summed E-state index contributed by atoms with van der Waals surface area (Å²) in [6.45, 7) is 7.69. The van der Waals surface area contributed by atoms with Gasteiger partial charge in [0.2, 0.25) is 0 Å². The first-order chi connectivity index (χ1) is 20.0. The molecule has 5 aromatic rings. The van der Waals surface area contributed by atoms with Gasteiger partial charge in [0.25, 0.3) is 5.56 Å². The van der Waals surface area contributed by atoms with Crippen LogP contribution in [0.5, 0.6) is 5.75 Å². The molecule has 0 aliphatic carbocycles. The highest BCUT2D eigenvalue weighted by molar-refractivity contribution is 5.83. The van der Waals surface area contributed by atoms with E-state index in [-0.39, 0.29) is 5.56 Å². The van der Waals surface area contributed by atoms with Crippen molar-refractivity contribution in [3.8, 4) is 17.0 Å². The molecule has 2 aromatic heterocycles. The largest absolute Gasteiger partial charge is 0.488 e. The summed E-state index contributed by atoms with van der Waals surface area (Å²) in [5.41, 5.74) is 6.49. The van der Waals surface area contributed by atoms with Gasteiger partial charge in [-0.1, -0.05) is 100.0 Å². The molecule has 41 heavy (non-hydrogen) atoms. The molecule has 0 radical (unpaired) electrons. The van der Waals surface area contributed by atoms with Gasteiger partial charge in [0.15, 0.2) is 5.75 Å². The molecule has 0 unspecified atom stereocenters. The second-order valence-electron chi connectivity index (χ2n) is 11.3. The summed E-state index contributed by atoms with van der Waals surface area (Å²) in [4.78, 5) is 18.7. The van der Waals surface area contributed by atoms with Crippen molar-refractivity contribution in [1.29, 1.82) is 0 Å². The van der Waals surface area contributed by atoms with E-state index in [0.29, 0.717) is 24.8 Å². The van der Waals surface area contributed by atoms with Crippen LogP contribution in [0.1, 0.15) is 56.0 Å². The first-order valence-electron chi connectivity index (χ1n) is 14.9. The summed E-state index contributed by atoms with van der Waals surface area (Å²) >= 11 is 0. The van der Waals surface area contributed by atoms with E-state index in [9.17, 15) is 4.79 Å². The Hall–Kier alpha value is -4.18. The molecule has 0 aliphatic heterocycles.